The number of oxazole rings is 1. The van der Waals surface area contributed by atoms with Crippen molar-refractivity contribution >= 4 is 46.3 Å². The molecule has 40 heavy (non-hydrogen) atoms. The number of carbonyl (C=O) groups excluding carboxylic acids is 2. The third kappa shape index (κ3) is 5.90. The Morgan fingerprint density at radius 3 is 2.92 bits per heavy atom. The second kappa shape index (κ2) is 12.2. The van der Waals surface area contributed by atoms with E-state index in [0.29, 0.717) is 31.7 Å². The Balaban J connectivity index is 1.38. The Bertz CT molecular complexity index is 1520. The first-order chi connectivity index (χ1) is 19.4. The van der Waals surface area contributed by atoms with Crippen molar-refractivity contribution in [2.24, 2.45) is 0 Å². The average molecular weight is 569 g/mol. The second-order valence-electron chi connectivity index (χ2n) is 9.74. The fourth-order valence-electron chi connectivity index (χ4n) is 5.00. The number of ether oxygens (including phenoxy) is 1. The van der Waals surface area contributed by atoms with Gasteiger partial charge in [-0.25, -0.2) is 13.8 Å². The lowest BCUT2D eigenvalue weighted by molar-refractivity contribution is -0.134. The Morgan fingerprint density at radius 2 is 2.12 bits per heavy atom. The summed E-state index contributed by atoms with van der Waals surface area (Å²) in [5.74, 6) is -1.32. The van der Waals surface area contributed by atoms with Crippen LogP contribution in [0.2, 0.25) is 0 Å². The normalized spacial score (nSPS) is 17.1. The van der Waals surface area contributed by atoms with Gasteiger partial charge in [0.2, 0.25) is 5.91 Å². The summed E-state index contributed by atoms with van der Waals surface area (Å²) >= 11 is 1.50. The summed E-state index contributed by atoms with van der Waals surface area (Å²) in [5.41, 5.74) is 1.62. The summed E-state index contributed by atoms with van der Waals surface area (Å²) in [5, 5.41) is 3.71. The number of aryl methyl sites for hydroxylation is 2. The number of rotatable bonds is 11. The predicted octanol–water partition coefficient (Wildman–Crippen LogP) is 6.06. The standard InChI is InChI=1S/C29H30F2N4O4S/c1-3-38-16-20-9-11-24(28-32-15-21(40-28)5-4-12-36)35(20)25(37)13-18-7-10-22-27(26(18)31)39-29(33-22)34-23-14-19(30)8-6-17(23)2/h6-8,10,12,14-15,20,24H,3-5,9,11,13,16H2,1-2H3,(H,33,34)/t20-,24-/m0/s1. The quantitative estimate of drug-likeness (QED) is 0.220. The van der Waals surface area contributed by atoms with E-state index in [0.717, 1.165) is 34.6 Å². The van der Waals surface area contributed by atoms with Crippen LogP contribution in [-0.2, 0) is 27.2 Å². The minimum Gasteiger partial charge on any atom is -0.420 e. The number of amides is 1. The van der Waals surface area contributed by atoms with Gasteiger partial charge in [0, 0.05) is 35.4 Å². The first kappa shape index (κ1) is 27.9. The lowest BCUT2D eigenvalue weighted by Gasteiger charge is -2.29. The van der Waals surface area contributed by atoms with Gasteiger partial charge in [-0.2, -0.15) is 4.98 Å². The van der Waals surface area contributed by atoms with Crippen molar-refractivity contribution in [2.45, 2.75) is 58.0 Å². The average Bonchev–Trinajstić information content (AvgIpc) is 3.68. The smallest absolute Gasteiger partial charge is 0.300 e. The van der Waals surface area contributed by atoms with Gasteiger partial charge in [-0.05, 0) is 56.9 Å². The molecule has 1 aliphatic rings. The summed E-state index contributed by atoms with van der Waals surface area (Å²) < 4.78 is 40.6. The van der Waals surface area contributed by atoms with E-state index >= 15 is 4.39 Å². The van der Waals surface area contributed by atoms with Crippen LogP contribution in [-0.4, -0.2) is 46.3 Å². The minimum absolute atomic E-state index is 0.0246. The van der Waals surface area contributed by atoms with Crippen LogP contribution in [0, 0.1) is 18.6 Å². The molecule has 3 heterocycles. The molecule has 5 rings (SSSR count). The molecule has 11 heteroatoms. The summed E-state index contributed by atoms with van der Waals surface area (Å²) in [6.07, 6.45) is 4.98. The number of hydrogen-bond acceptors (Lipinski definition) is 8. The fraction of sp³-hybridized carbons (Fsp3) is 0.379. The van der Waals surface area contributed by atoms with Gasteiger partial charge in [0.05, 0.1) is 25.1 Å². The van der Waals surface area contributed by atoms with Gasteiger partial charge < -0.3 is 24.2 Å². The molecule has 0 saturated carbocycles. The van der Waals surface area contributed by atoms with Crippen LogP contribution in [0.5, 0.6) is 0 Å². The van der Waals surface area contributed by atoms with Gasteiger partial charge in [0.15, 0.2) is 11.4 Å². The topological polar surface area (TPSA) is 97.6 Å². The maximum absolute atomic E-state index is 15.6. The molecular weight excluding hydrogens is 538 g/mol. The van der Waals surface area contributed by atoms with Crippen LogP contribution >= 0.6 is 11.3 Å². The van der Waals surface area contributed by atoms with Crippen molar-refractivity contribution in [1.29, 1.82) is 0 Å². The molecule has 0 bridgehead atoms. The first-order valence-corrected chi connectivity index (χ1v) is 14.1. The van der Waals surface area contributed by atoms with Crippen molar-refractivity contribution in [3.63, 3.8) is 0 Å². The summed E-state index contributed by atoms with van der Waals surface area (Å²) in [7, 11) is 0. The van der Waals surface area contributed by atoms with Crippen LogP contribution in [0.15, 0.2) is 40.9 Å². The number of halogens is 2. The molecule has 4 aromatic rings. The second-order valence-corrected chi connectivity index (χ2v) is 10.9. The van der Waals surface area contributed by atoms with Crippen molar-refractivity contribution in [3.8, 4) is 0 Å². The van der Waals surface area contributed by atoms with E-state index in [-0.39, 0.29) is 47.1 Å². The highest BCUT2D eigenvalue weighted by molar-refractivity contribution is 7.11. The predicted molar refractivity (Wildman–Crippen MR) is 148 cm³/mol. The van der Waals surface area contributed by atoms with Crippen molar-refractivity contribution in [2.75, 3.05) is 18.5 Å². The molecule has 1 saturated heterocycles. The van der Waals surface area contributed by atoms with Gasteiger partial charge in [-0.1, -0.05) is 12.1 Å². The monoisotopic (exact) mass is 568 g/mol. The zero-order valence-corrected chi connectivity index (χ0v) is 23.1. The van der Waals surface area contributed by atoms with Crippen molar-refractivity contribution < 1.29 is 27.5 Å². The Kier molecular flexibility index (Phi) is 8.51. The number of aldehydes is 1. The van der Waals surface area contributed by atoms with Crippen LogP contribution in [0.4, 0.5) is 20.5 Å². The largest absolute Gasteiger partial charge is 0.420 e. The number of benzene rings is 2. The highest BCUT2D eigenvalue weighted by Crippen LogP contribution is 2.39. The Hall–Kier alpha value is -3.70. The highest BCUT2D eigenvalue weighted by Gasteiger charge is 2.39. The molecule has 0 aliphatic carbocycles. The molecule has 2 atom stereocenters. The van der Waals surface area contributed by atoms with Gasteiger partial charge in [-0.3, -0.25) is 4.79 Å². The molecule has 1 N–H and O–H groups in total. The van der Waals surface area contributed by atoms with Crippen LogP contribution in [0.3, 0.4) is 0 Å². The highest BCUT2D eigenvalue weighted by atomic mass is 32.1. The molecule has 210 valence electrons. The maximum Gasteiger partial charge on any atom is 0.300 e. The number of nitrogens with zero attached hydrogens (tertiary/aromatic N) is 3. The van der Waals surface area contributed by atoms with Crippen molar-refractivity contribution in [1.82, 2.24) is 14.9 Å². The molecule has 1 aliphatic heterocycles. The molecule has 2 aromatic carbocycles. The van der Waals surface area contributed by atoms with E-state index in [9.17, 15) is 14.0 Å². The zero-order valence-electron chi connectivity index (χ0n) is 22.3. The van der Waals surface area contributed by atoms with E-state index in [2.05, 4.69) is 15.3 Å². The van der Waals surface area contributed by atoms with Crippen LogP contribution in [0.1, 0.15) is 53.2 Å². The maximum atomic E-state index is 15.6. The molecule has 0 radical (unpaired) electrons. The number of aromatic nitrogens is 2. The summed E-state index contributed by atoms with van der Waals surface area (Å²) in [6.45, 7) is 4.62. The molecule has 0 unspecified atom stereocenters. The molecular formula is C29H30F2N4O4S. The Morgan fingerprint density at radius 1 is 1.27 bits per heavy atom. The molecule has 1 amide bonds. The van der Waals surface area contributed by atoms with E-state index in [1.54, 1.807) is 36.2 Å². The lowest BCUT2D eigenvalue weighted by Crippen LogP contribution is -2.40. The van der Waals surface area contributed by atoms with E-state index in [4.69, 9.17) is 9.15 Å². The number of hydrogen-bond donors (Lipinski definition) is 1. The summed E-state index contributed by atoms with van der Waals surface area (Å²) in [4.78, 5) is 36.1. The molecule has 0 spiro atoms. The van der Waals surface area contributed by atoms with E-state index in [1.165, 1.54) is 23.5 Å². The van der Waals surface area contributed by atoms with Crippen LogP contribution < -0.4 is 5.32 Å². The first-order valence-electron chi connectivity index (χ1n) is 13.3. The third-order valence-electron chi connectivity index (χ3n) is 7.03. The molecule has 8 nitrogen and oxygen atoms in total. The third-order valence-corrected chi connectivity index (χ3v) is 8.19. The number of fused-ring (bicyclic) bond motifs is 1. The number of likely N-dealkylation sites (tertiary alicyclic amines) is 1. The van der Waals surface area contributed by atoms with Gasteiger partial charge in [-0.15, -0.1) is 11.3 Å². The SMILES string of the molecule is CCOC[C@@H]1CC[C@@H](c2ncc(CCC=O)s2)N1C(=O)Cc1ccc2nc(Nc3cc(F)ccc3C)oc2c1F. The fourth-order valence-corrected chi connectivity index (χ4v) is 6.07. The van der Waals surface area contributed by atoms with Gasteiger partial charge >= 0.3 is 0 Å². The van der Waals surface area contributed by atoms with Gasteiger partial charge in [0.1, 0.15) is 22.6 Å². The summed E-state index contributed by atoms with van der Waals surface area (Å²) in [6, 6.07) is 7.05. The van der Waals surface area contributed by atoms with Crippen LogP contribution in [0.25, 0.3) is 11.1 Å². The minimum atomic E-state index is -0.662. The number of anilines is 2. The number of carbonyl (C=O) groups is 2. The Labute approximate surface area is 234 Å². The molecule has 1 fully saturated rings. The molecule has 2 aromatic heterocycles. The van der Waals surface area contributed by atoms with Crippen molar-refractivity contribution in [3.05, 3.63) is 69.2 Å². The van der Waals surface area contributed by atoms with E-state index in [1.807, 2.05) is 6.92 Å². The number of thiazole rings is 1. The number of nitrogens with one attached hydrogen (secondary N) is 1. The van der Waals surface area contributed by atoms with E-state index < -0.39 is 11.6 Å². The van der Waals surface area contributed by atoms with Gasteiger partial charge in [0.25, 0.3) is 6.01 Å². The lowest BCUT2D eigenvalue weighted by atomic mass is 10.1. The zero-order chi connectivity index (χ0) is 28.2.